The van der Waals surface area contributed by atoms with E-state index in [-0.39, 0.29) is 25.7 Å². The summed E-state index contributed by atoms with van der Waals surface area (Å²) in [5.41, 5.74) is 0. The fourth-order valence-electron chi connectivity index (χ4n) is 9.69. The molecule has 0 aliphatic rings. The molecular weight excluding hydrogens is 1280 g/mol. The summed E-state index contributed by atoms with van der Waals surface area (Å²) in [4.78, 5) is 72.7. The fraction of sp³-hybridized carbons (Fsp3) is 0.696. The molecule has 5 atom stereocenters. The van der Waals surface area contributed by atoms with Crippen molar-refractivity contribution in [3.8, 4) is 0 Å². The highest BCUT2D eigenvalue weighted by molar-refractivity contribution is 7.47. The molecule has 0 aromatic rings. The van der Waals surface area contributed by atoms with E-state index in [0.29, 0.717) is 25.7 Å². The van der Waals surface area contributed by atoms with Crippen molar-refractivity contribution in [2.75, 3.05) is 39.6 Å². The summed E-state index contributed by atoms with van der Waals surface area (Å²) in [6.07, 6.45) is 76.3. The Hall–Kier alpha value is -4.54. The minimum atomic E-state index is -4.98. The molecule has 3 N–H and O–H groups in total. The van der Waals surface area contributed by atoms with E-state index in [4.69, 9.17) is 37.0 Å². The summed E-state index contributed by atoms with van der Waals surface area (Å²) in [5, 5.41) is 10.6. The number of hydrogen-bond donors (Lipinski definition) is 3. The van der Waals surface area contributed by atoms with Crippen LogP contribution in [0, 0.1) is 0 Å². The molecule has 0 aromatic carbocycles. The number of rotatable bonds is 70. The van der Waals surface area contributed by atoms with Gasteiger partial charge in [-0.05, 0) is 128 Å². The molecule has 0 spiro atoms. The quantitative estimate of drug-likeness (QED) is 0.0169. The van der Waals surface area contributed by atoms with Gasteiger partial charge in [0.15, 0.2) is 12.2 Å². The number of carbonyl (C=O) groups is 4. The van der Waals surface area contributed by atoms with Gasteiger partial charge in [0.1, 0.15) is 19.3 Å². The molecule has 0 rings (SSSR count). The lowest BCUT2D eigenvalue weighted by atomic mass is 10.1. The van der Waals surface area contributed by atoms with Gasteiger partial charge in [0.05, 0.1) is 26.4 Å². The van der Waals surface area contributed by atoms with Crippen LogP contribution >= 0.6 is 15.6 Å². The molecule has 0 amide bonds. The van der Waals surface area contributed by atoms with Gasteiger partial charge in [-0.1, -0.05) is 265 Å². The van der Waals surface area contributed by atoms with Crippen LogP contribution in [-0.2, 0) is 65.4 Å². The van der Waals surface area contributed by atoms with Crippen LogP contribution < -0.4 is 0 Å². The molecule has 19 heteroatoms. The predicted octanol–water partition coefficient (Wildman–Crippen LogP) is 21.6. The van der Waals surface area contributed by atoms with Crippen molar-refractivity contribution in [2.24, 2.45) is 0 Å². The molecule has 0 heterocycles. The van der Waals surface area contributed by atoms with Crippen LogP contribution in [0.5, 0.6) is 0 Å². The Kier molecular flexibility index (Phi) is 67.6. The number of allylic oxidation sites excluding steroid dienone is 20. The SMILES string of the molecule is CC/C=C\C/C=C\C/C=C\C/C=C\C/C=C\CCCCCC(=O)OCC(COP(=O)(O)OCC(O)COP(=O)(O)OCC(COC(=O)CCCCCC/C=C\C/C=C\C/C=C\C/C=C\CC)OC(=O)CCCCCCCCCCCCC)OC(=O)CCCCCCC/C=C\CCCC. The van der Waals surface area contributed by atoms with Crippen LogP contribution in [0.15, 0.2) is 122 Å². The Balaban J connectivity index is 5.33. The topological polar surface area (TPSA) is 237 Å². The van der Waals surface area contributed by atoms with Crippen molar-refractivity contribution >= 4 is 39.5 Å². The molecule has 0 aliphatic heterocycles. The van der Waals surface area contributed by atoms with Crippen LogP contribution in [0.3, 0.4) is 0 Å². The molecule has 0 bridgehead atoms. The summed E-state index contributed by atoms with van der Waals surface area (Å²) < 4.78 is 68.3. The van der Waals surface area contributed by atoms with Crippen LogP contribution in [0.1, 0.15) is 297 Å². The summed E-state index contributed by atoms with van der Waals surface area (Å²) in [7, 11) is -9.96. The van der Waals surface area contributed by atoms with E-state index in [1.54, 1.807) is 0 Å². The lowest BCUT2D eigenvalue weighted by Crippen LogP contribution is -2.30. The van der Waals surface area contributed by atoms with Crippen LogP contribution in [0.4, 0.5) is 0 Å². The minimum absolute atomic E-state index is 0.0746. The zero-order chi connectivity index (χ0) is 71.8. The molecule has 0 saturated heterocycles. The maximum Gasteiger partial charge on any atom is 0.472 e. The zero-order valence-corrected chi connectivity index (χ0v) is 63.0. The Morgan fingerprint density at radius 1 is 0.296 bits per heavy atom. The van der Waals surface area contributed by atoms with E-state index >= 15 is 0 Å². The molecular formula is C79H134O17P2. The van der Waals surface area contributed by atoms with Gasteiger partial charge in [-0.15, -0.1) is 0 Å². The number of phosphoric acid groups is 2. The summed E-state index contributed by atoms with van der Waals surface area (Å²) in [6, 6.07) is 0. The number of unbranched alkanes of at least 4 members (excludes halogenated alkanes) is 24. The maximum atomic E-state index is 13.1. The molecule has 17 nitrogen and oxygen atoms in total. The van der Waals surface area contributed by atoms with Gasteiger partial charge in [0.25, 0.3) is 0 Å². The van der Waals surface area contributed by atoms with Crippen molar-refractivity contribution < 1.29 is 80.2 Å². The highest BCUT2D eigenvalue weighted by Crippen LogP contribution is 2.45. The van der Waals surface area contributed by atoms with Gasteiger partial charge in [-0.3, -0.25) is 37.3 Å². The largest absolute Gasteiger partial charge is 0.472 e. The molecule has 0 radical (unpaired) electrons. The average molecular weight is 1420 g/mol. The summed E-state index contributed by atoms with van der Waals surface area (Å²) in [5.74, 6) is -2.24. The van der Waals surface area contributed by atoms with Gasteiger partial charge in [0, 0.05) is 25.7 Å². The number of hydrogen-bond acceptors (Lipinski definition) is 15. The lowest BCUT2D eigenvalue weighted by molar-refractivity contribution is -0.161. The first-order valence-electron chi connectivity index (χ1n) is 37.8. The Morgan fingerprint density at radius 3 is 0.867 bits per heavy atom. The molecule has 0 aliphatic carbocycles. The van der Waals surface area contributed by atoms with Gasteiger partial charge in [-0.25, -0.2) is 9.13 Å². The van der Waals surface area contributed by atoms with E-state index < -0.39 is 97.5 Å². The Labute approximate surface area is 593 Å². The first-order valence-corrected chi connectivity index (χ1v) is 40.8. The van der Waals surface area contributed by atoms with Gasteiger partial charge < -0.3 is 33.8 Å². The van der Waals surface area contributed by atoms with Crippen LogP contribution in [-0.4, -0.2) is 96.7 Å². The molecule has 562 valence electrons. The van der Waals surface area contributed by atoms with Gasteiger partial charge >= 0.3 is 39.5 Å². The summed E-state index contributed by atoms with van der Waals surface area (Å²) in [6.45, 7) is 4.52. The molecule has 0 fully saturated rings. The maximum absolute atomic E-state index is 13.1. The normalized spacial score (nSPS) is 14.6. The number of phosphoric ester groups is 2. The second kappa shape index (κ2) is 70.9. The predicted molar refractivity (Wildman–Crippen MR) is 399 cm³/mol. The average Bonchev–Trinajstić information content (AvgIpc) is 1.03. The van der Waals surface area contributed by atoms with E-state index in [0.717, 1.165) is 167 Å². The number of esters is 4. The Bertz CT molecular complexity index is 2340. The van der Waals surface area contributed by atoms with Gasteiger partial charge in [0.2, 0.25) is 0 Å². The van der Waals surface area contributed by atoms with Crippen molar-refractivity contribution in [3.05, 3.63) is 122 Å². The van der Waals surface area contributed by atoms with E-state index in [1.165, 1.54) is 51.4 Å². The second-order valence-corrected chi connectivity index (χ2v) is 27.7. The van der Waals surface area contributed by atoms with E-state index in [1.807, 2.05) is 0 Å². The molecule has 0 saturated carbocycles. The molecule has 0 aromatic heterocycles. The third-order valence-corrected chi connectivity index (χ3v) is 17.3. The van der Waals surface area contributed by atoms with Crippen molar-refractivity contribution in [2.45, 2.75) is 316 Å². The third-order valence-electron chi connectivity index (χ3n) is 15.4. The zero-order valence-electron chi connectivity index (χ0n) is 61.2. The number of ether oxygens (including phenoxy) is 4. The van der Waals surface area contributed by atoms with Crippen molar-refractivity contribution in [3.63, 3.8) is 0 Å². The van der Waals surface area contributed by atoms with Crippen molar-refractivity contribution in [1.82, 2.24) is 0 Å². The number of aliphatic hydroxyl groups excluding tert-OH is 1. The minimum Gasteiger partial charge on any atom is -0.462 e. The Morgan fingerprint density at radius 2 is 0.541 bits per heavy atom. The van der Waals surface area contributed by atoms with Crippen LogP contribution in [0.2, 0.25) is 0 Å². The molecule has 98 heavy (non-hydrogen) atoms. The van der Waals surface area contributed by atoms with Crippen LogP contribution in [0.25, 0.3) is 0 Å². The van der Waals surface area contributed by atoms with E-state index in [2.05, 4.69) is 149 Å². The van der Waals surface area contributed by atoms with Gasteiger partial charge in [-0.2, -0.15) is 0 Å². The summed E-state index contributed by atoms with van der Waals surface area (Å²) >= 11 is 0. The first kappa shape index (κ1) is 93.5. The fourth-order valence-corrected chi connectivity index (χ4v) is 11.3. The monoisotopic (exact) mass is 1420 g/mol. The smallest absolute Gasteiger partial charge is 0.462 e. The standard InChI is InChI=1S/C79H134O17P2/c1-5-9-13-17-21-25-29-31-33-35-36-38-40-42-46-48-52-56-60-64-77(82)90-70-75(96-79(84)66-62-58-54-50-44-28-24-20-16-12-8-4)72-94-98(87,88)92-68-73(80)67-91-97(85,86)93-71-74(95-78(83)65-61-57-53-49-43-27-23-19-15-11-7-3)69-89-76(81)63-59-55-51-47-45-41-39-37-34-32-30-26-22-18-14-10-6-2/h9-10,13-14,20-22,24-26,31-34,36,38-39,41-42,46,73-75,80H,5-8,11-12,15-19,23,27-30,35,37,40,43-45,47-72H2,1-4H3,(H,85,86)(H,87,88)/b13-9-,14-10-,24-20-,25-21-,26-22-,33-31-,34-32-,38-36-,41-39-,46-42-. The highest BCUT2D eigenvalue weighted by atomic mass is 31.2. The number of carbonyl (C=O) groups excluding carboxylic acids is 4. The lowest BCUT2D eigenvalue weighted by Gasteiger charge is -2.21. The third kappa shape index (κ3) is 69.9. The highest BCUT2D eigenvalue weighted by Gasteiger charge is 2.30. The van der Waals surface area contributed by atoms with Crippen molar-refractivity contribution in [1.29, 1.82) is 0 Å². The number of aliphatic hydroxyl groups is 1. The van der Waals surface area contributed by atoms with E-state index in [9.17, 15) is 43.2 Å². The first-order chi connectivity index (χ1) is 47.7. The second-order valence-electron chi connectivity index (χ2n) is 24.8. The molecule has 5 unspecified atom stereocenters.